The lowest BCUT2D eigenvalue weighted by Gasteiger charge is -2.07. The fraction of sp³-hybridized carbons (Fsp3) is 0. The average molecular weight is 278 g/mol. The molecule has 0 atom stereocenters. The van der Waals surface area contributed by atoms with Gasteiger partial charge in [-0.15, -0.1) is 0 Å². The van der Waals surface area contributed by atoms with E-state index in [1.165, 1.54) is 29.5 Å². The molecular formula is C12H10N2O4S. The van der Waals surface area contributed by atoms with Crippen molar-refractivity contribution in [1.29, 1.82) is 0 Å². The van der Waals surface area contributed by atoms with Crippen molar-refractivity contribution in [2.45, 2.75) is 0 Å². The zero-order valence-corrected chi connectivity index (χ0v) is 10.4. The zero-order valence-electron chi connectivity index (χ0n) is 9.58. The average Bonchev–Trinajstić information content (AvgIpc) is 2.81. The highest BCUT2D eigenvalue weighted by Gasteiger charge is 2.10. The Kier molecular flexibility index (Phi) is 3.67. The third-order valence-electron chi connectivity index (χ3n) is 2.27. The van der Waals surface area contributed by atoms with Crippen molar-refractivity contribution in [2.24, 2.45) is 0 Å². The highest BCUT2D eigenvalue weighted by molar-refractivity contribution is 7.08. The molecule has 0 unspecified atom stereocenters. The Morgan fingerprint density at radius 2 is 1.84 bits per heavy atom. The molecular weight excluding hydrogens is 268 g/mol. The minimum absolute atomic E-state index is 0.219. The van der Waals surface area contributed by atoms with Crippen LogP contribution in [0.4, 0.5) is 16.2 Å². The van der Waals surface area contributed by atoms with Gasteiger partial charge in [-0.05, 0) is 23.6 Å². The second-order valence-electron chi connectivity index (χ2n) is 3.63. The Hall–Kier alpha value is -2.54. The summed E-state index contributed by atoms with van der Waals surface area (Å²) in [6.45, 7) is 0. The minimum Gasteiger partial charge on any atom is -0.507 e. The van der Waals surface area contributed by atoms with Gasteiger partial charge in [0.05, 0.1) is 5.69 Å². The Morgan fingerprint density at radius 3 is 2.42 bits per heavy atom. The van der Waals surface area contributed by atoms with Gasteiger partial charge in [-0.25, -0.2) is 9.59 Å². The van der Waals surface area contributed by atoms with Gasteiger partial charge in [0.2, 0.25) is 0 Å². The van der Waals surface area contributed by atoms with Crippen LogP contribution in [0.1, 0.15) is 10.4 Å². The molecule has 0 aliphatic heterocycles. The van der Waals surface area contributed by atoms with Gasteiger partial charge in [0.1, 0.15) is 11.3 Å². The molecule has 19 heavy (non-hydrogen) atoms. The lowest BCUT2D eigenvalue weighted by atomic mass is 10.2. The summed E-state index contributed by atoms with van der Waals surface area (Å²) in [7, 11) is 0. The first-order valence-electron chi connectivity index (χ1n) is 5.23. The largest absolute Gasteiger partial charge is 0.507 e. The molecule has 0 bridgehead atoms. The molecule has 0 fully saturated rings. The Morgan fingerprint density at radius 1 is 1.11 bits per heavy atom. The fourth-order valence-electron chi connectivity index (χ4n) is 1.42. The van der Waals surface area contributed by atoms with E-state index in [2.05, 4.69) is 10.6 Å². The highest BCUT2D eigenvalue weighted by Crippen LogP contribution is 2.22. The molecule has 2 rings (SSSR count). The highest BCUT2D eigenvalue weighted by atomic mass is 32.1. The summed E-state index contributed by atoms with van der Waals surface area (Å²) in [5.74, 6) is -1.63. The summed E-state index contributed by atoms with van der Waals surface area (Å²) in [6.07, 6.45) is 0. The van der Waals surface area contributed by atoms with Crippen LogP contribution >= 0.6 is 11.3 Å². The molecule has 2 amide bonds. The lowest BCUT2D eigenvalue weighted by molar-refractivity contribution is 0.0694. The number of carbonyl (C=O) groups is 2. The molecule has 1 aromatic heterocycles. The van der Waals surface area contributed by atoms with Crippen LogP contribution in [0.5, 0.6) is 5.75 Å². The number of thiophene rings is 1. The van der Waals surface area contributed by atoms with Gasteiger partial charge >= 0.3 is 12.0 Å². The number of benzene rings is 1. The van der Waals surface area contributed by atoms with E-state index in [0.29, 0.717) is 11.4 Å². The van der Waals surface area contributed by atoms with E-state index in [9.17, 15) is 14.7 Å². The van der Waals surface area contributed by atoms with Crippen LogP contribution in [-0.4, -0.2) is 22.2 Å². The minimum atomic E-state index is -1.23. The van der Waals surface area contributed by atoms with Gasteiger partial charge in [-0.1, -0.05) is 0 Å². The third-order valence-corrected chi connectivity index (χ3v) is 2.95. The SMILES string of the molecule is O=C(Nc1ccsc1)Nc1ccc(C(=O)O)c(O)c1. The van der Waals surface area contributed by atoms with Crippen molar-refractivity contribution < 1.29 is 19.8 Å². The molecule has 0 radical (unpaired) electrons. The Labute approximate surface area is 112 Å². The molecule has 0 saturated heterocycles. The van der Waals surface area contributed by atoms with E-state index in [0.717, 1.165) is 0 Å². The van der Waals surface area contributed by atoms with Gasteiger partial charge in [-0.2, -0.15) is 11.3 Å². The van der Waals surface area contributed by atoms with Crippen LogP contribution in [0.2, 0.25) is 0 Å². The van der Waals surface area contributed by atoms with Crippen LogP contribution in [-0.2, 0) is 0 Å². The van der Waals surface area contributed by atoms with Crippen molar-refractivity contribution in [3.8, 4) is 5.75 Å². The van der Waals surface area contributed by atoms with E-state index in [-0.39, 0.29) is 5.56 Å². The van der Waals surface area contributed by atoms with Crippen LogP contribution < -0.4 is 10.6 Å². The van der Waals surface area contributed by atoms with E-state index in [1.54, 1.807) is 11.4 Å². The summed E-state index contributed by atoms with van der Waals surface area (Å²) in [5.41, 5.74) is 0.743. The third kappa shape index (κ3) is 3.23. The molecule has 98 valence electrons. The number of aromatic hydroxyl groups is 1. The lowest BCUT2D eigenvalue weighted by Crippen LogP contribution is -2.19. The summed E-state index contributed by atoms with van der Waals surface area (Å²) >= 11 is 1.45. The second kappa shape index (κ2) is 5.40. The van der Waals surface area contributed by atoms with Crippen LogP contribution in [0, 0.1) is 0 Å². The van der Waals surface area contributed by atoms with Crippen molar-refractivity contribution in [1.82, 2.24) is 0 Å². The molecule has 2 aromatic rings. The predicted molar refractivity (Wildman–Crippen MR) is 72.0 cm³/mol. The summed E-state index contributed by atoms with van der Waals surface area (Å²) in [5, 5.41) is 26.9. The molecule has 1 aromatic carbocycles. The monoisotopic (exact) mass is 278 g/mol. The normalized spacial score (nSPS) is 9.89. The van der Waals surface area contributed by atoms with Crippen molar-refractivity contribution in [3.63, 3.8) is 0 Å². The molecule has 6 nitrogen and oxygen atoms in total. The Balaban J connectivity index is 2.05. The number of phenols is 1. The molecule has 4 N–H and O–H groups in total. The van der Waals surface area contributed by atoms with Gasteiger partial charge < -0.3 is 20.8 Å². The Bertz CT molecular complexity index is 610. The molecule has 0 aliphatic carbocycles. The number of carbonyl (C=O) groups excluding carboxylic acids is 1. The number of hydrogen-bond acceptors (Lipinski definition) is 4. The standard InChI is InChI=1S/C12H10N2O4S/c15-10-5-7(1-2-9(10)11(16)17)13-12(18)14-8-3-4-19-6-8/h1-6,15H,(H,16,17)(H2,13,14,18). The number of urea groups is 1. The van der Waals surface area contributed by atoms with Crippen LogP contribution in [0.15, 0.2) is 35.0 Å². The maximum Gasteiger partial charge on any atom is 0.339 e. The van der Waals surface area contributed by atoms with E-state index >= 15 is 0 Å². The number of nitrogens with one attached hydrogen (secondary N) is 2. The number of amides is 2. The first-order valence-corrected chi connectivity index (χ1v) is 6.17. The van der Waals surface area contributed by atoms with Crippen molar-refractivity contribution in [2.75, 3.05) is 10.6 Å². The first kappa shape index (κ1) is 12.9. The predicted octanol–water partition coefficient (Wildman–Crippen LogP) is 2.80. The molecule has 7 heteroatoms. The maximum atomic E-state index is 11.6. The summed E-state index contributed by atoms with van der Waals surface area (Å²) in [4.78, 5) is 22.3. The van der Waals surface area contributed by atoms with E-state index in [1.807, 2.05) is 5.38 Å². The van der Waals surface area contributed by atoms with Gasteiger partial charge in [-0.3, -0.25) is 0 Å². The topological polar surface area (TPSA) is 98.7 Å². The number of carboxylic acid groups (broad SMARTS) is 1. The van der Waals surface area contributed by atoms with E-state index < -0.39 is 17.7 Å². The molecule has 0 spiro atoms. The fourth-order valence-corrected chi connectivity index (χ4v) is 2.01. The van der Waals surface area contributed by atoms with Crippen LogP contribution in [0.25, 0.3) is 0 Å². The number of rotatable bonds is 3. The number of aromatic carboxylic acids is 1. The van der Waals surface area contributed by atoms with Crippen molar-refractivity contribution in [3.05, 3.63) is 40.6 Å². The number of hydrogen-bond donors (Lipinski definition) is 4. The van der Waals surface area contributed by atoms with Gasteiger partial charge in [0, 0.05) is 17.1 Å². The zero-order chi connectivity index (χ0) is 13.8. The smallest absolute Gasteiger partial charge is 0.339 e. The quantitative estimate of drug-likeness (QED) is 0.693. The summed E-state index contributed by atoms with van der Waals surface area (Å²) < 4.78 is 0. The van der Waals surface area contributed by atoms with Gasteiger partial charge in [0.15, 0.2) is 0 Å². The molecule has 1 heterocycles. The number of carboxylic acids is 1. The molecule has 0 saturated carbocycles. The maximum absolute atomic E-state index is 11.6. The second-order valence-corrected chi connectivity index (χ2v) is 4.41. The van der Waals surface area contributed by atoms with E-state index in [4.69, 9.17) is 5.11 Å². The van der Waals surface area contributed by atoms with Crippen molar-refractivity contribution >= 4 is 34.7 Å². The molecule has 0 aliphatic rings. The van der Waals surface area contributed by atoms with Crippen LogP contribution in [0.3, 0.4) is 0 Å². The van der Waals surface area contributed by atoms with Gasteiger partial charge in [0.25, 0.3) is 0 Å². The summed E-state index contributed by atoms with van der Waals surface area (Å²) in [6, 6.07) is 5.07. The first-order chi connectivity index (χ1) is 9.06. The number of anilines is 2.